The van der Waals surface area contributed by atoms with Crippen LogP contribution in [-0.4, -0.2) is 11.1 Å². The van der Waals surface area contributed by atoms with Crippen molar-refractivity contribution in [3.63, 3.8) is 0 Å². The molecular weight excluding hydrogens is 212 g/mol. The van der Waals surface area contributed by atoms with Crippen LogP contribution in [0.3, 0.4) is 0 Å². The van der Waals surface area contributed by atoms with Gasteiger partial charge in [-0.15, -0.1) is 0 Å². The number of carbonyl (C=O) groups is 1. The topological polar surface area (TPSA) is 37.3 Å². The lowest BCUT2D eigenvalue weighted by Crippen LogP contribution is -2.15. The molecule has 0 radical (unpaired) electrons. The quantitative estimate of drug-likeness (QED) is 0.808. The Labute approximate surface area is 104 Å². The first-order valence-electron chi connectivity index (χ1n) is 6.37. The molecule has 17 heavy (non-hydrogen) atoms. The van der Waals surface area contributed by atoms with Gasteiger partial charge in [0.25, 0.3) is 0 Å². The lowest BCUT2D eigenvalue weighted by Gasteiger charge is -2.19. The summed E-state index contributed by atoms with van der Waals surface area (Å²) in [7, 11) is 0. The highest BCUT2D eigenvalue weighted by molar-refractivity contribution is 5.76. The second kappa shape index (κ2) is 6.43. The van der Waals surface area contributed by atoms with Crippen molar-refractivity contribution in [3.8, 4) is 0 Å². The molecule has 1 N–H and O–H groups in total. The van der Waals surface area contributed by atoms with Crippen LogP contribution in [0.4, 0.5) is 0 Å². The molecule has 1 aromatic rings. The molecule has 0 aliphatic carbocycles. The Bertz CT molecular complexity index is 350. The van der Waals surface area contributed by atoms with Gasteiger partial charge in [-0.05, 0) is 24.8 Å². The van der Waals surface area contributed by atoms with E-state index in [1.165, 1.54) is 5.56 Å². The third kappa shape index (κ3) is 3.88. The first kappa shape index (κ1) is 13.8. The SMILES string of the molecule is CCC(CC)CC(C(=O)O)c1ccc(C)cc1. The average Bonchev–Trinajstić information content (AvgIpc) is 2.32. The average molecular weight is 234 g/mol. The number of rotatable bonds is 6. The van der Waals surface area contributed by atoms with Crippen LogP contribution in [0.5, 0.6) is 0 Å². The molecular formula is C15H22O2. The molecule has 0 amide bonds. The predicted octanol–water partition coefficient (Wildman–Crippen LogP) is 3.99. The molecule has 0 aromatic heterocycles. The normalized spacial score (nSPS) is 12.7. The van der Waals surface area contributed by atoms with Gasteiger partial charge in [-0.1, -0.05) is 56.5 Å². The predicted molar refractivity (Wildman–Crippen MR) is 70.2 cm³/mol. The van der Waals surface area contributed by atoms with E-state index in [1.807, 2.05) is 31.2 Å². The zero-order valence-corrected chi connectivity index (χ0v) is 10.9. The fourth-order valence-electron chi connectivity index (χ4n) is 2.13. The number of aryl methyl sites for hydroxylation is 1. The standard InChI is InChI=1S/C15H22O2/c1-4-12(5-2)10-14(15(16)17)13-8-6-11(3)7-9-13/h6-9,12,14H,4-5,10H2,1-3H3,(H,16,17). The van der Waals surface area contributed by atoms with Crippen LogP contribution in [0.15, 0.2) is 24.3 Å². The molecule has 0 aliphatic rings. The van der Waals surface area contributed by atoms with Crippen LogP contribution in [-0.2, 0) is 4.79 Å². The lowest BCUT2D eigenvalue weighted by molar-refractivity contribution is -0.139. The Hall–Kier alpha value is -1.31. The van der Waals surface area contributed by atoms with E-state index in [1.54, 1.807) is 0 Å². The molecule has 1 atom stereocenters. The highest BCUT2D eigenvalue weighted by Gasteiger charge is 2.22. The largest absolute Gasteiger partial charge is 0.481 e. The molecule has 1 unspecified atom stereocenters. The summed E-state index contributed by atoms with van der Waals surface area (Å²) in [4.78, 5) is 11.4. The third-order valence-electron chi connectivity index (χ3n) is 3.50. The molecule has 2 nitrogen and oxygen atoms in total. The summed E-state index contributed by atoms with van der Waals surface area (Å²) < 4.78 is 0. The molecule has 2 heteroatoms. The number of carboxylic acids is 1. The minimum absolute atomic E-state index is 0.361. The van der Waals surface area contributed by atoms with Crippen LogP contribution in [0.1, 0.15) is 50.2 Å². The van der Waals surface area contributed by atoms with Crippen LogP contribution in [0.2, 0.25) is 0 Å². The summed E-state index contributed by atoms with van der Waals surface area (Å²) >= 11 is 0. The molecule has 94 valence electrons. The van der Waals surface area contributed by atoms with E-state index >= 15 is 0 Å². The maximum Gasteiger partial charge on any atom is 0.310 e. The van der Waals surface area contributed by atoms with Crippen molar-refractivity contribution in [1.82, 2.24) is 0 Å². The van der Waals surface area contributed by atoms with Crippen molar-refractivity contribution in [1.29, 1.82) is 0 Å². The Morgan fingerprint density at radius 3 is 2.12 bits per heavy atom. The van der Waals surface area contributed by atoms with Crippen molar-refractivity contribution >= 4 is 5.97 Å². The van der Waals surface area contributed by atoms with Crippen molar-refractivity contribution in [2.24, 2.45) is 5.92 Å². The zero-order chi connectivity index (χ0) is 12.8. The van der Waals surface area contributed by atoms with Crippen molar-refractivity contribution in [3.05, 3.63) is 35.4 Å². The monoisotopic (exact) mass is 234 g/mol. The van der Waals surface area contributed by atoms with Crippen molar-refractivity contribution in [2.75, 3.05) is 0 Å². The maximum atomic E-state index is 11.4. The van der Waals surface area contributed by atoms with Crippen LogP contribution in [0, 0.1) is 12.8 Å². The van der Waals surface area contributed by atoms with Gasteiger partial charge in [0, 0.05) is 0 Å². The fraction of sp³-hybridized carbons (Fsp3) is 0.533. The molecule has 0 spiro atoms. The van der Waals surface area contributed by atoms with E-state index in [4.69, 9.17) is 0 Å². The summed E-state index contributed by atoms with van der Waals surface area (Å²) in [5.74, 6) is -0.571. The Morgan fingerprint density at radius 1 is 1.18 bits per heavy atom. The van der Waals surface area contributed by atoms with Gasteiger partial charge >= 0.3 is 5.97 Å². The summed E-state index contributed by atoms with van der Waals surface area (Å²) in [5, 5.41) is 9.34. The summed E-state index contributed by atoms with van der Waals surface area (Å²) in [6.07, 6.45) is 2.84. The maximum absolute atomic E-state index is 11.4. The summed E-state index contributed by atoms with van der Waals surface area (Å²) in [5.41, 5.74) is 2.09. The highest BCUT2D eigenvalue weighted by atomic mass is 16.4. The number of benzene rings is 1. The number of hydrogen-bond donors (Lipinski definition) is 1. The van der Waals surface area contributed by atoms with Crippen LogP contribution >= 0.6 is 0 Å². The fourth-order valence-corrected chi connectivity index (χ4v) is 2.13. The van der Waals surface area contributed by atoms with Gasteiger partial charge < -0.3 is 5.11 Å². The third-order valence-corrected chi connectivity index (χ3v) is 3.50. The first-order chi connectivity index (χ1) is 8.08. The highest BCUT2D eigenvalue weighted by Crippen LogP contribution is 2.27. The Kier molecular flexibility index (Phi) is 5.20. The Morgan fingerprint density at radius 2 is 1.71 bits per heavy atom. The minimum atomic E-state index is -0.708. The second-order valence-corrected chi connectivity index (χ2v) is 4.72. The van der Waals surface area contributed by atoms with Crippen LogP contribution < -0.4 is 0 Å². The van der Waals surface area contributed by atoms with E-state index in [9.17, 15) is 9.90 Å². The van der Waals surface area contributed by atoms with E-state index in [2.05, 4.69) is 13.8 Å². The number of carboxylic acid groups (broad SMARTS) is 1. The minimum Gasteiger partial charge on any atom is -0.481 e. The first-order valence-corrected chi connectivity index (χ1v) is 6.37. The lowest BCUT2D eigenvalue weighted by atomic mass is 9.86. The van der Waals surface area contributed by atoms with Crippen molar-refractivity contribution < 1.29 is 9.90 Å². The van der Waals surface area contributed by atoms with Gasteiger partial charge in [-0.3, -0.25) is 4.79 Å². The molecule has 1 aromatic carbocycles. The van der Waals surface area contributed by atoms with Crippen LogP contribution in [0.25, 0.3) is 0 Å². The molecule has 0 aliphatic heterocycles. The zero-order valence-electron chi connectivity index (χ0n) is 10.9. The molecule has 0 fully saturated rings. The molecule has 0 bridgehead atoms. The second-order valence-electron chi connectivity index (χ2n) is 4.72. The summed E-state index contributed by atoms with van der Waals surface area (Å²) in [6, 6.07) is 7.85. The van der Waals surface area contributed by atoms with Gasteiger partial charge in [-0.2, -0.15) is 0 Å². The molecule has 0 saturated carbocycles. The van der Waals surface area contributed by atoms with Gasteiger partial charge in [0.15, 0.2) is 0 Å². The van der Waals surface area contributed by atoms with Gasteiger partial charge in [-0.25, -0.2) is 0 Å². The molecule has 0 heterocycles. The smallest absolute Gasteiger partial charge is 0.310 e. The Balaban J connectivity index is 2.85. The molecule has 1 rings (SSSR count). The van der Waals surface area contributed by atoms with Gasteiger partial charge in [0.05, 0.1) is 5.92 Å². The number of aliphatic carboxylic acids is 1. The van der Waals surface area contributed by atoms with E-state index in [0.29, 0.717) is 5.92 Å². The summed E-state index contributed by atoms with van der Waals surface area (Å²) in [6.45, 7) is 6.27. The molecule has 0 saturated heterocycles. The van der Waals surface area contributed by atoms with Crippen molar-refractivity contribution in [2.45, 2.75) is 46.0 Å². The number of hydrogen-bond acceptors (Lipinski definition) is 1. The van der Waals surface area contributed by atoms with Gasteiger partial charge in [0.2, 0.25) is 0 Å². The van der Waals surface area contributed by atoms with E-state index in [0.717, 1.165) is 24.8 Å². The van der Waals surface area contributed by atoms with E-state index in [-0.39, 0.29) is 5.92 Å². The van der Waals surface area contributed by atoms with E-state index < -0.39 is 5.97 Å². The van der Waals surface area contributed by atoms with Gasteiger partial charge in [0.1, 0.15) is 0 Å².